The quantitative estimate of drug-likeness (QED) is 0.543. The van der Waals surface area contributed by atoms with Gasteiger partial charge in [-0.2, -0.15) is 26.3 Å². The lowest BCUT2D eigenvalue weighted by Gasteiger charge is -2.54. The van der Waals surface area contributed by atoms with Crippen LogP contribution in [0.15, 0.2) is 0 Å². The minimum absolute atomic E-state index is 0.00719. The molecular formula is C15H20F6O2. The summed E-state index contributed by atoms with van der Waals surface area (Å²) < 4.78 is 86.1. The molecule has 0 unspecified atom stereocenters. The second kappa shape index (κ2) is 5.51. The molecule has 2 nitrogen and oxygen atoms in total. The van der Waals surface area contributed by atoms with Crippen LogP contribution >= 0.6 is 0 Å². The van der Waals surface area contributed by atoms with Gasteiger partial charge in [0.15, 0.2) is 0 Å². The van der Waals surface area contributed by atoms with Gasteiger partial charge in [0.1, 0.15) is 6.79 Å². The highest BCUT2D eigenvalue weighted by Gasteiger charge is 2.69. The van der Waals surface area contributed by atoms with Crippen LogP contribution in [0.25, 0.3) is 0 Å². The third-order valence-corrected chi connectivity index (χ3v) is 5.83. The molecule has 0 atom stereocenters. The predicted octanol–water partition coefficient (Wildman–Crippen LogP) is 4.69. The Bertz CT molecular complexity index is 402. The minimum Gasteiger partial charge on any atom is -0.352 e. The van der Waals surface area contributed by atoms with E-state index in [4.69, 9.17) is 4.74 Å². The van der Waals surface area contributed by atoms with E-state index in [2.05, 4.69) is 4.74 Å². The molecule has 8 heteroatoms. The summed E-state index contributed by atoms with van der Waals surface area (Å²) in [5.74, 6) is 1.79. The van der Waals surface area contributed by atoms with Crippen LogP contribution in [0.2, 0.25) is 0 Å². The Morgan fingerprint density at radius 3 is 1.61 bits per heavy atom. The van der Waals surface area contributed by atoms with Gasteiger partial charge in [0.25, 0.3) is 5.60 Å². The fraction of sp³-hybridized carbons (Fsp3) is 1.00. The zero-order valence-corrected chi connectivity index (χ0v) is 12.7. The van der Waals surface area contributed by atoms with Crippen molar-refractivity contribution in [1.82, 2.24) is 0 Å². The Hall–Kier alpha value is -0.500. The topological polar surface area (TPSA) is 18.5 Å². The molecule has 0 aromatic heterocycles. The van der Waals surface area contributed by atoms with Crippen molar-refractivity contribution in [3.8, 4) is 0 Å². The molecule has 0 saturated heterocycles. The standard InChI is InChI=1S/C15H20F6O2/c1-13(14(16,17)18,15(19,20)21)23-7-22-12-10-3-8-2-9(5-10)6-11(12)4-8/h8-12H,2-7H2,1H3. The molecule has 4 aliphatic rings. The van der Waals surface area contributed by atoms with Gasteiger partial charge in [0.05, 0.1) is 6.10 Å². The normalized spacial score (nSPS) is 37.4. The Labute approximate surface area is 130 Å². The third-order valence-electron chi connectivity index (χ3n) is 5.83. The molecule has 0 aromatic rings. The van der Waals surface area contributed by atoms with E-state index >= 15 is 0 Å². The summed E-state index contributed by atoms with van der Waals surface area (Å²) in [5, 5.41) is 0. The van der Waals surface area contributed by atoms with Gasteiger partial charge in [-0.1, -0.05) is 0 Å². The van der Waals surface area contributed by atoms with Crippen molar-refractivity contribution in [3.63, 3.8) is 0 Å². The van der Waals surface area contributed by atoms with Gasteiger partial charge >= 0.3 is 12.4 Å². The van der Waals surface area contributed by atoms with Gasteiger partial charge in [-0.05, 0) is 62.7 Å². The molecule has 0 amide bonds. The van der Waals surface area contributed by atoms with Crippen LogP contribution in [0.4, 0.5) is 26.3 Å². The molecule has 4 rings (SSSR count). The van der Waals surface area contributed by atoms with Gasteiger partial charge in [-0.15, -0.1) is 0 Å². The number of rotatable bonds is 4. The monoisotopic (exact) mass is 346 g/mol. The Kier molecular flexibility index (Phi) is 4.15. The lowest BCUT2D eigenvalue weighted by atomic mass is 9.55. The summed E-state index contributed by atoms with van der Waals surface area (Å²) in [7, 11) is 0. The van der Waals surface area contributed by atoms with Crippen LogP contribution in [0.5, 0.6) is 0 Å². The van der Waals surface area contributed by atoms with Crippen molar-refractivity contribution < 1.29 is 35.8 Å². The zero-order chi connectivity index (χ0) is 17.0. The highest BCUT2D eigenvalue weighted by atomic mass is 19.4. The van der Waals surface area contributed by atoms with E-state index in [1.54, 1.807) is 0 Å². The number of hydrogen-bond donors (Lipinski definition) is 0. The summed E-state index contributed by atoms with van der Waals surface area (Å²) in [6.07, 6.45) is -6.29. The molecule has 0 N–H and O–H groups in total. The molecule has 134 valence electrons. The largest absolute Gasteiger partial charge is 0.426 e. The maximum Gasteiger partial charge on any atom is 0.426 e. The fourth-order valence-electron chi connectivity index (χ4n) is 4.70. The van der Waals surface area contributed by atoms with Gasteiger partial charge in [0.2, 0.25) is 0 Å². The van der Waals surface area contributed by atoms with Crippen molar-refractivity contribution in [2.75, 3.05) is 6.79 Å². The molecular weight excluding hydrogens is 326 g/mol. The van der Waals surface area contributed by atoms with Crippen LogP contribution in [-0.2, 0) is 9.47 Å². The smallest absolute Gasteiger partial charge is 0.352 e. The molecule has 0 spiro atoms. The highest BCUT2D eigenvalue weighted by molar-refractivity contribution is 4.99. The van der Waals surface area contributed by atoms with E-state index in [0.29, 0.717) is 11.8 Å². The molecule has 0 aromatic carbocycles. The van der Waals surface area contributed by atoms with Crippen LogP contribution in [0, 0.1) is 23.7 Å². The number of ether oxygens (including phenoxy) is 2. The molecule has 4 fully saturated rings. The van der Waals surface area contributed by atoms with E-state index < -0.39 is 24.7 Å². The summed E-state index contributed by atoms with van der Waals surface area (Å²) in [6, 6.07) is 0. The zero-order valence-electron chi connectivity index (χ0n) is 12.7. The first kappa shape index (κ1) is 17.3. The lowest BCUT2D eigenvalue weighted by molar-refractivity contribution is -0.390. The average Bonchev–Trinajstić information content (AvgIpc) is 2.38. The molecule has 4 saturated carbocycles. The first-order valence-corrected chi connectivity index (χ1v) is 7.90. The highest BCUT2D eigenvalue weighted by Crippen LogP contribution is 2.55. The molecule has 4 aliphatic carbocycles. The predicted molar refractivity (Wildman–Crippen MR) is 68.4 cm³/mol. The van der Waals surface area contributed by atoms with Crippen LogP contribution < -0.4 is 0 Å². The summed E-state index contributed by atoms with van der Waals surface area (Å²) in [4.78, 5) is 0. The minimum atomic E-state index is -5.54. The van der Waals surface area contributed by atoms with Crippen molar-refractivity contribution in [2.24, 2.45) is 23.7 Å². The van der Waals surface area contributed by atoms with Gasteiger partial charge < -0.3 is 9.47 Å². The van der Waals surface area contributed by atoms with E-state index in [9.17, 15) is 26.3 Å². The van der Waals surface area contributed by atoms with E-state index in [1.165, 1.54) is 6.42 Å². The Balaban J connectivity index is 1.60. The molecule has 0 radical (unpaired) electrons. The molecule has 4 bridgehead atoms. The van der Waals surface area contributed by atoms with Crippen molar-refractivity contribution >= 4 is 0 Å². The number of hydrogen-bond acceptors (Lipinski definition) is 2. The molecule has 0 heterocycles. The van der Waals surface area contributed by atoms with Crippen molar-refractivity contribution in [3.05, 3.63) is 0 Å². The van der Waals surface area contributed by atoms with Crippen molar-refractivity contribution in [1.29, 1.82) is 0 Å². The van der Waals surface area contributed by atoms with Gasteiger partial charge in [-0.25, -0.2) is 0 Å². The van der Waals surface area contributed by atoms with Crippen LogP contribution in [0.1, 0.15) is 39.0 Å². The van der Waals surface area contributed by atoms with Crippen LogP contribution in [0.3, 0.4) is 0 Å². The van der Waals surface area contributed by atoms with E-state index in [-0.39, 0.29) is 24.9 Å². The Morgan fingerprint density at radius 2 is 1.22 bits per heavy atom. The first-order chi connectivity index (χ1) is 10.5. The second-order valence-corrected chi connectivity index (χ2v) is 7.35. The SMILES string of the molecule is CC(OCOC1C2CC3CC(C2)CC1C3)(C(F)(F)F)C(F)(F)F. The maximum atomic E-state index is 12.8. The van der Waals surface area contributed by atoms with Crippen molar-refractivity contribution in [2.45, 2.75) is 63.1 Å². The van der Waals surface area contributed by atoms with Crippen LogP contribution in [-0.4, -0.2) is 30.9 Å². The summed E-state index contributed by atoms with van der Waals surface area (Å²) in [5.41, 5.74) is -4.20. The van der Waals surface area contributed by atoms with E-state index in [1.807, 2.05) is 0 Å². The van der Waals surface area contributed by atoms with Gasteiger partial charge in [0, 0.05) is 0 Å². The Morgan fingerprint density at radius 1 is 0.783 bits per heavy atom. The fourth-order valence-corrected chi connectivity index (χ4v) is 4.70. The van der Waals surface area contributed by atoms with E-state index in [0.717, 1.165) is 25.7 Å². The second-order valence-electron chi connectivity index (χ2n) is 7.35. The summed E-state index contributed by atoms with van der Waals surface area (Å²) in [6.45, 7) is -0.976. The number of halogens is 6. The first-order valence-electron chi connectivity index (χ1n) is 7.90. The summed E-state index contributed by atoms with van der Waals surface area (Å²) >= 11 is 0. The molecule has 0 aliphatic heterocycles. The molecule has 23 heavy (non-hydrogen) atoms. The lowest BCUT2D eigenvalue weighted by Crippen LogP contribution is -2.57. The maximum absolute atomic E-state index is 12.8. The van der Waals surface area contributed by atoms with Gasteiger partial charge in [-0.3, -0.25) is 0 Å². The number of alkyl halides is 6. The third kappa shape index (κ3) is 2.97. The average molecular weight is 346 g/mol.